The van der Waals surface area contributed by atoms with Gasteiger partial charge in [0.1, 0.15) is 0 Å². The Bertz CT molecular complexity index is 792. The van der Waals surface area contributed by atoms with Gasteiger partial charge in [-0.1, -0.05) is 72.8 Å². The Morgan fingerprint density at radius 1 is 0.640 bits per heavy atom. The van der Waals surface area contributed by atoms with Crippen molar-refractivity contribution < 1.29 is 4.12 Å². The van der Waals surface area contributed by atoms with Crippen molar-refractivity contribution in [3.8, 4) is 0 Å². The Labute approximate surface area is 153 Å². The fourth-order valence-corrected chi connectivity index (χ4v) is 14.1. The molecule has 0 N–H and O–H groups in total. The molecular formula is C22H26OSi2. The molecule has 0 saturated carbocycles. The molecular weight excluding hydrogens is 336 g/mol. The summed E-state index contributed by atoms with van der Waals surface area (Å²) in [4.78, 5) is 0. The van der Waals surface area contributed by atoms with Crippen molar-refractivity contribution >= 4 is 28.8 Å². The summed E-state index contributed by atoms with van der Waals surface area (Å²) in [6, 6.07) is 17.5. The molecule has 0 heterocycles. The minimum absolute atomic E-state index is 0.455. The van der Waals surface area contributed by atoms with Gasteiger partial charge in [-0.05, 0) is 48.4 Å². The van der Waals surface area contributed by atoms with E-state index >= 15 is 0 Å². The third-order valence-corrected chi connectivity index (χ3v) is 13.8. The van der Waals surface area contributed by atoms with Crippen LogP contribution in [0, 0.1) is 0 Å². The highest BCUT2D eigenvalue weighted by atomic mass is 28.4. The van der Waals surface area contributed by atoms with Gasteiger partial charge in [0, 0.05) is 11.1 Å². The lowest BCUT2D eigenvalue weighted by atomic mass is 10.1. The second-order valence-electron chi connectivity index (χ2n) is 8.24. The lowest BCUT2D eigenvalue weighted by molar-refractivity contribution is 0.523. The fourth-order valence-electron chi connectivity index (χ4n) is 4.52. The van der Waals surface area contributed by atoms with Crippen molar-refractivity contribution in [3.05, 3.63) is 82.9 Å². The van der Waals surface area contributed by atoms with E-state index in [0.717, 1.165) is 0 Å². The zero-order chi connectivity index (χ0) is 17.7. The Morgan fingerprint density at radius 3 is 1.48 bits per heavy atom. The predicted molar refractivity (Wildman–Crippen MR) is 112 cm³/mol. The van der Waals surface area contributed by atoms with Gasteiger partial charge in [-0.3, -0.25) is 0 Å². The molecule has 0 radical (unpaired) electrons. The molecule has 0 saturated heterocycles. The van der Waals surface area contributed by atoms with Gasteiger partial charge in [0.2, 0.25) is 0 Å². The Kier molecular flexibility index (Phi) is 3.98. The van der Waals surface area contributed by atoms with E-state index in [1.807, 2.05) is 0 Å². The van der Waals surface area contributed by atoms with Crippen LogP contribution in [-0.2, 0) is 4.12 Å². The fraction of sp³-hybridized carbons (Fsp3) is 0.273. The molecule has 128 valence electrons. The minimum atomic E-state index is -1.90. The molecule has 2 atom stereocenters. The largest absolute Gasteiger partial charge is 0.454 e. The molecule has 25 heavy (non-hydrogen) atoms. The van der Waals surface area contributed by atoms with Gasteiger partial charge in [-0.25, -0.2) is 0 Å². The van der Waals surface area contributed by atoms with Crippen molar-refractivity contribution in [3.63, 3.8) is 0 Å². The molecule has 2 aliphatic carbocycles. The van der Waals surface area contributed by atoms with Crippen molar-refractivity contribution in [2.24, 2.45) is 0 Å². The summed E-state index contributed by atoms with van der Waals surface area (Å²) in [6.45, 7) is 9.57. The topological polar surface area (TPSA) is 9.23 Å². The van der Waals surface area contributed by atoms with Gasteiger partial charge in [-0.2, -0.15) is 0 Å². The molecule has 2 aromatic carbocycles. The molecule has 2 aromatic rings. The lowest BCUT2D eigenvalue weighted by Gasteiger charge is -2.40. The molecule has 0 fully saturated rings. The standard InChI is InChI=1S/C22H26OSi2/c1-24(2,21-15-13-17-9-5-7-11-19(17)21)23-25(3,4)22-16-14-18-10-6-8-12-20(18)22/h5-16,21-22H,1-4H3/t21-,22+. The first kappa shape index (κ1) is 16.8. The molecule has 0 bridgehead atoms. The normalized spacial score (nSPS) is 21.4. The number of benzene rings is 2. The smallest absolute Gasteiger partial charge is 0.184 e. The molecule has 0 spiro atoms. The van der Waals surface area contributed by atoms with E-state index in [1.54, 1.807) is 0 Å². The molecule has 1 nitrogen and oxygen atoms in total. The second-order valence-corrected chi connectivity index (χ2v) is 16.7. The molecule has 4 rings (SSSR count). The highest BCUT2D eigenvalue weighted by molar-refractivity contribution is 6.86. The number of rotatable bonds is 4. The van der Waals surface area contributed by atoms with Crippen LogP contribution < -0.4 is 0 Å². The van der Waals surface area contributed by atoms with E-state index in [4.69, 9.17) is 4.12 Å². The van der Waals surface area contributed by atoms with Gasteiger partial charge < -0.3 is 4.12 Å². The summed E-state index contributed by atoms with van der Waals surface area (Å²) in [6.07, 6.45) is 9.30. The maximum atomic E-state index is 7.08. The van der Waals surface area contributed by atoms with Crippen LogP contribution in [0.1, 0.15) is 33.3 Å². The van der Waals surface area contributed by atoms with Crippen molar-refractivity contribution in [2.45, 2.75) is 37.3 Å². The maximum absolute atomic E-state index is 7.08. The van der Waals surface area contributed by atoms with E-state index in [0.29, 0.717) is 11.1 Å². The molecule has 0 aliphatic heterocycles. The molecule has 0 aromatic heterocycles. The zero-order valence-corrected chi connectivity index (χ0v) is 17.5. The third-order valence-electron chi connectivity index (χ3n) is 5.62. The predicted octanol–water partition coefficient (Wildman–Crippen LogP) is 6.11. The summed E-state index contributed by atoms with van der Waals surface area (Å²) in [5.41, 5.74) is 6.54. The lowest BCUT2D eigenvalue weighted by Crippen LogP contribution is -2.50. The van der Waals surface area contributed by atoms with Gasteiger partial charge in [0.05, 0.1) is 0 Å². The molecule has 3 heteroatoms. The van der Waals surface area contributed by atoms with Crippen LogP contribution in [-0.4, -0.2) is 16.6 Å². The first-order chi connectivity index (χ1) is 11.9. The molecule has 2 aliphatic rings. The highest BCUT2D eigenvalue weighted by Crippen LogP contribution is 2.43. The summed E-state index contributed by atoms with van der Waals surface area (Å²) < 4.78 is 7.08. The Balaban J connectivity index is 1.61. The maximum Gasteiger partial charge on any atom is 0.184 e. The van der Waals surface area contributed by atoms with Crippen molar-refractivity contribution in [1.82, 2.24) is 0 Å². The first-order valence-electron chi connectivity index (χ1n) is 9.13. The van der Waals surface area contributed by atoms with Crippen LogP contribution >= 0.6 is 0 Å². The number of hydrogen-bond acceptors (Lipinski definition) is 1. The number of fused-ring (bicyclic) bond motifs is 2. The Hall–Kier alpha value is -1.69. The quantitative estimate of drug-likeness (QED) is 0.596. The van der Waals surface area contributed by atoms with Gasteiger partial charge >= 0.3 is 0 Å². The SMILES string of the molecule is C[Si](C)(O[Si](C)(C)[C@H]1C=Cc2ccccc21)[C@@H]1C=Cc2ccccc21. The van der Waals surface area contributed by atoms with Gasteiger partial charge in [0.25, 0.3) is 0 Å². The van der Waals surface area contributed by atoms with Crippen molar-refractivity contribution in [2.75, 3.05) is 0 Å². The minimum Gasteiger partial charge on any atom is -0.454 e. The van der Waals surface area contributed by atoms with E-state index in [2.05, 4.69) is 99.0 Å². The van der Waals surface area contributed by atoms with Crippen LogP contribution in [0.2, 0.25) is 26.2 Å². The van der Waals surface area contributed by atoms with Crippen LogP contribution in [0.3, 0.4) is 0 Å². The second kappa shape index (κ2) is 5.94. The summed E-state index contributed by atoms with van der Waals surface area (Å²) in [5.74, 6) is 0. The average Bonchev–Trinajstić information content (AvgIpc) is 3.18. The molecule has 0 amide bonds. The van der Waals surface area contributed by atoms with Gasteiger partial charge in [0.15, 0.2) is 16.6 Å². The summed E-state index contributed by atoms with van der Waals surface area (Å²) >= 11 is 0. The van der Waals surface area contributed by atoms with Crippen LogP contribution in [0.25, 0.3) is 12.2 Å². The van der Waals surface area contributed by atoms with E-state index in [1.165, 1.54) is 22.3 Å². The number of hydrogen-bond donors (Lipinski definition) is 0. The van der Waals surface area contributed by atoms with Crippen LogP contribution in [0.15, 0.2) is 60.7 Å². The third kappa shape index (κ3) is 2.90. The summed E-state index contributed by atoms with van der Waals surface area (Å²) in [5, 5.41) is 0. The molecule has 0 unspecified atom stereocenters. The van der Waals surface area contributed by atoms with Crippen molar-refractivity contribution in [1.29, 1.82) is 0 Å². The monoisotopic (exact) mass is 362 g/mol. The van der Waals surface area contributed by atoms with Crippen LogP contribution in [0.5, 0.6) is 0 Å². The average molecular weight is 363 g/mol. The van der Waals surface area contributed by atoms with E-state index in [-0.39, 0.29) is 0 Å². The Morgan fingerprint density at radius 2 is 1.04 bits per heavy atom. The van der Waals surface area contributed by atoms with E-state index < -0.39 is 16.6 Å². The van der Waals surface area contributed by atoms with E-state index in [9.17, 15) is 0 Å². The van der Waals surface area contributed by atoms with Crippen LogP contribution in [0.4, 0.5) is 0 Å². The zero-order valence-electron chi connectivity index (χ0n) is 15.5. The summed E-state index contributed by atoms with van der Waals surface area (Å²) in [7, 11) is -3.81. The first-order valence-corrected chi connectivity index (χ1v) is 15.1. The number of allylic oxidation sites excluding steroid dienone is 2. The van der Waals surface area contributed by atoms with Gasteiger partial charge in [-0.15, -0.1) is 0 Å². The highest BCUT2D eigenvalue weighted by Gasteiger charge is 2.45.